The number of anilines is 2. The van der Waals surface area contributed by atoms with Crippen LogP contribution in [0.5, 0.6) is 0 Å². The molecular formula is C26H27ClN2O5S. The summed E-state index contributed by atoms with van der Waals surface area (Å²) in [5.74, 6) is -0.983. The predicted octanol–water partition coefficient (Wildman–Crippen LogP) is 5.44. The van der Waals surface area contributed by atoms with E-state index in [0.717, 1.165) is 22.7 Å². The van der Waals surface area contributed by atoms with Crippen molar-refractivity contribution in [2.75, 3.05) is 22.8 Å². The maximum Gasteiger partial charge on any atom is 0.338 e. The second kappa shape index (κ2) is 11.9. The van der Waals surface area contributed by atoms with Crippen LogP contribution >= 0.6 is 11.6 Å². The number of aryl methyl sites for hydroxylation is 1. The minimum Gasteiger partial charge on any atom is -0.462 e. The number of esters is 1. The number of unbranched alkanes of at least 4 members (excludes halogenated alkanes) is 1. The normalized spacial score (nSPS) is 11.1. The summed E-state index contributed by atoms with van der Waals surface area (Å²) in [6.07, 6.45) is 1.71. The van der Waals surface area contributed by atoms with Crippen molar-refractivity contribution in [1.82, 2.24) is 0 Å². The van der Waals surface area contributed by atoms with Gasteiger partial charge in [0.05, 0.1) is 22.8 Å². The highest BCUT2D eigenvalue weighted by Gasteiger charge is 2.27. The van der Waals surface area contributed by atoms with E-state index >= 15 is 0 Å². The van der Waals surface area contributed by atoms with E-state index in [-0.39, 0.29) is 4.90 Å². The standard InChI is InChI=1S/C26H27ClN2O5S/c1-3-4-17-34-26(31)20-7-11-22(12-8-20)28-25(30)18-29(23-13-9-21(27)10-14-23)35(32,33)24-15-5-19(2)6-16-24/h5-16H,3-4,17-18H2,1-2H3,(H,28,30). The van der Waals surface area contributed by atoms with Crippen LogP contribution in [0.25, 0.3) is 0 Å². The summed E-state index contributed by atoms with van der Waals surface area (Å²) in [4.78, 5) is 25.0. The van der Waals surface area contributed by atoms with Crippen molar-refractivity contribution in [3.05, 3.63) is 88.9 Å². The highest BCUT2D eigenvalue weighted by Crippen LogP contribution is 2.25. The molecule has 1 amide bonds. The van der Waals surface area contributed by atoms with Crippen LogP contribution < -0.4 is 9.62 Å². The van der Waals surface area contributed by atoms with Crippen molar-refractivity contribution in [2.45, 2.75) is 31.6 Å². The van der Waals surface area contributed by atoms with Crippen LogP contribution in [0.1, 0.15) is 35.7 Å². The van der Waals surface area contributed by atoms with Gasteiger partial charge in [-0.3, -0.25) is 9.10 Å². The Hall–Kier alpha value is -3.36. The van der Waals surface area contributed by atoms with Crippen LogP contribution in [-0.2, 0) is 19.6 Å². The first-order valence-corrected chi connectivity index (χ1v) is 12.9. The number of ether oxygens (including phenoxy) is 1. The van der Waals surface area contributed by atoms with E-state index < -0.39 is 28.4 Å². The second-order valence-corrected chi connectivity index (χ2v) is 10.2. The zero-order valence-corrected chi connectivity index (χ0v) is 21.1. The lowest BCUT2D eigenvalue weighted by atomic mass is 10.2. The molecule has 3 rings (SSSR count). The molecule has 0 radical (unpaired) electrons. The van der Waals surface area contributed by atoms with Crippen LogP contribution in [0.15, 0.2) is 77.7 Å². The van der Waals surface area contributed by atoms with Crippen LogP contribution in [0, 0.1) is 6.92 Å². The molecule has 0 spiro atoms. The molecule has 0 unspecified atom stereocenters. The number of carbonyl (C=O) groups is 2. The predicted molar refractivity (Wildman–Crippen MR) is 137 cm³/mol. The molecule has 0 aliphatic heterocycles. The molecule has 0 bridgehead atoms. The van der Waals surface area contributed by atoms with Crippen molar-refractivity contribution in [3.8, 4) is 0 Å². The van der Waals surface area contributed by atoms with Crippen molar-refractivity contribution in [1.29, 1.82) is 0 Å². The van der Waals surface area contributed by atoms with Gasteiger partial charge in [-0.2, -0.15) is 0 Å². The maximum absolute atomic E-state index is 13.4. The Balaban J connectivity index is 1.77. The molecule has 0 fully saturated rings. The minimum absolute atomic E-state index is 0.0665. The third kappa shape index (κ3) is 7.07. The molecule has 1 N–H and O–H groups in total. The van der Waals surface area contributed by atoms with Gasteiger partial charge in [0.1, 0.15) is 6.54 Å². The van der Waals surface area contributed by atoms with Gasteiger partial charge >= 0.3 is 5.97 Å². The molecule has 0 aliphatic carbocycles. The van der Waals surface area contributed by atoms with Gasteiger partial charge in [-0.1, -0.05) is 42.6 Å². The number of hydrogen-bond acceptors (Lipinski definition) is 5. The van der Waals surface area contributed by atoms with E-state index in [1.807, 2.05) is 13.8 Å². The maximum atomic E-state index is 13.4. The SMILES string of the molecule is CCCCOC(=O)c1ccc(NC(=O)CN(c2ccc(Cl)cc2)S(=O)(=O)c2ccc(C)cc2)cc1. The zero-order valence-electron chi connectivity index (χ0n) is 19.5. The van der Waals surface area contributed by atoms with E-state index in [2.05, 4.69) is 5.32 Å². The molecular weight excluding hydrogens is 488 g/mol. The van der Waals surface area contributed by atoms with Crippen LogP contribution in [0.4, 0.5) is 11.4 Å². The minimum atomic E-state index is -4.03. The van der Waals surface area contributed by atoms with Crippen molar-refractivity contribution < 1.29 is 22.7 Å². The number of sulfonamides is 1. The van der Waals surface area contributed by atoms with Gasteiger partial charge in [0.25, 0.3) is 10.0 Å². The Kier molecular flexibility index (Phi) is 8.89. The summed E-state index contributed by atoms with van der Waals surface area (Å²) in [7, 11) is -4.03. The number of halogens is 1. The Labute approximate surface area is 210 Å². The molecule has 0 atom stereocenters. The topological polar surface area (TPSA) is 92.8 Å². The molecule has 184 valence electrons. The molecule has 9 heteroatoms. The summed E-state index contributed by atoms with van der Waals surface area (Å²) in [6, 6.07) is 18.8. The molecule has 7 nitrogen and oxygen atoms in total. The van der Waals surface area contributed by atoms with Gasteiger partial charge in [0.15, 0.2) is 0 Å². The summed E-state index contributed by atoms with van der Waals surface area (Å²) >= 11 is 5.97. The molecule has 3 aromatic carbocycles. The molecule has 3 aromatic rings. The monoisotopic (exact) mass is 514 g/mol. The van der Waals surface area contributed by atoms with Gasteiger partial charge in [0, 0.05) is 10.7 Å². The molecule has 0 heterocycles. The molecule has 35 heavy (non-hydrogen) atoms. The van der Waals surface area contributed by atoms with Crippen LogP contribution in [0.3, 0.4) is 0 Å². The first-order valence-electron chi connectivity index (χ1n) is 11.1. The number of nitrogens with zero attached hydrogens (tertiary/aromatic N) is 1. The Morgan fingerprint density at radius 1 is 0.943 bits per heavy atom. The number of hydrogen-bond donors (Lipinski definition) is 1. The number of amides is 1. The van der Waals surface area contributed by atoms with E-state index in [1.165, 1.54) is 12.1 Å². The highest BCUT2D eigenvalue weighted by atomic mass is 35.5. The first-order chi connectivity index (χ1) is 16.7. The number of carbonyl (C=O) groups excluding carboxylic acids is 2. The fraction of sp³-hybridized carbons (Fsp3) is 0.231. The molecule has 0 aliphatic rings. The third-order valence-electron chi connectivity index (χ3n) is 5.15. The number of rotatable bonds is 10. The first kappa shape index (κ1) is 26.2. The lowest BCUT2D eigenvalue weighted by Gasteiger charge is -2.24. The summed E-state index contributed by atoms with van der Waals surface area (Å²) < 4.78 is 33.0. The smallest absolute Gasteiger partial charge is 0.338 e. The Morgan fingerprint density at radius 2 is 1.57 bits per heavy atom. The van der Waals surface area contributed by atoms with Gasteiger partial charge in [-0.05, 0) is 74.0 Å². The summed E-state index contributed by atoms with van der Waals surface area (Å²) in [6.45, 7) is 3.75. The molecule has 0 saturated carbocycles. The average Bonchev–Trinajstić information content (AvgIpc) is 2.84. The van der Waals surface area contributed by atoms with Gasteiger partial charge in [0.2, 0.25) is 5.91 Å². The fourth-order valence-electron chi connectivity index (χ4n) is 3.17. The zero-order chi connectivity index (χ0) is 25.4. The lowest BCUT2D eigenvalue weighted by Crippen LogP contribution is -2.38. The molecule has 0 saturated heterocycles. The van der Waals surface area contributed by atoms with Gasteiger partial charge in [-0.25, -0.2) is 13.2 Å². The van der Waals surface area contributed by atoms with Crippen molar-refractivity contribution in [2.24, 2.45) is 0 Å². The summed E-state index contributed by atoms with van der Waals surface area (Å²) in [5.41, 5.74) is 2.00. The van der Waals surface area contributed by atoms with E-state index in [0.29, 0.717) is 28.6 Å². The van der Waals surface area contributed by atoms with E-state index in [9.17, 15) is 18.0 Å². The number of nitrogens with one attached hydrogen (secondary N) is 1. The Bertz CT molecular complexity index is 1260. The fourth-order valence-corrected chi connectivity index (χ4v) is 4.72. The van der Waals surface area contributed by atoms with E-state index in [4.69, 9.17) is 16.3 Å². The molecule has 0 aromatic heterocycles. The van der Waals surface area contributed by atoms with Crippen molar-refractivity contribution >= 4 is 44.9 Å². The highest BCUT2D eigenvalue weighted by molar-refractivity contribution is 7.92. The van der Waals surface area contributed by atoms with Crippen LogP contribution in [0.2, 0.25) is 5.02 Å². The quantitative estimate of drug-likeness (QED) is 0.287. The lowest BCUT2D eigenvalue weighted by molar-refractivity contribution is -0.114. The second-order valence-electron chi connectivity index (χ2n) is 7.92. The summed E-state index contributed by atoms with van der Waals surface area (Å²) in [5, 5.41) is 3.13. The third-order valence-corrected chi connectivity index (χ3v) is 7.19. The van der Waals surface area contributed by atoms with Crippen molar-refractivity contribution in [3.63, 3.8) is 0 Å². The number of benzene rings is 3. The Morgan fingerprint density at radius 3 is 2.17 bits per heavy atom. The van der Waals surface area contributed by atoms with Gasteiger partial charge < -0.3 is 10.1 Å². The average molecular weight is 515 g/mol. The van der Waals surface area contributed by atoms with Gasteiger partial charge in [-0.15, -0.1) is 0 Å². The van der Waals surface area contributed by atoms with E-state index in [1.54, 1.807) is 60.7 Å². The van der Waals surface area contributed by atoms with Crippen LogP contribution in [-0.4, -0.2) is 33.4 Å². The largest absolute Gasteiger partial charge is 0.462 e.